The van der Waals surface area contributed by atoms with Crippen LogP contribution in [0, 0.1) is 0 Å². The van der Waals surface area contributed by atoms with E-state index in [1.165, 1.54) is 23.8 Å². The average Bonchev–Trinajstić information content (AvgIpc) is 2.55. The zero-order valence-electron chi connectivity index (χ0n) is 13.7. The highest BCUT2D eigenvalue weighted by molar-refractivity contribution is 7.89. The van der Waals surface area contributed by atoms with E-state index >= 15 is 0 Å². The third-order valence-electron chi connectivity index (χ3n) is 3.74. The van der Waals surface area contributed by atoms with Gasteiger partial charge in [0.05, 0.1) is 10.5 Å². The highest BCUT2D eigenvalue weighted by Crippen LogP contribution is 2.15. The number of sulfonamides is 1. The van der Waals surface area contributed by atoms with Crippen molar-refractivity contribution < 1.29 is 18.3 Å². The number of carboxylic acid groups (broad SMARTS) is 1. The maximum atomic E-state index is 12.2. The third-order valence-corrected chi connectivity index (χ3v) is 5.20. The Bertz CT molecular complexity index is 811. The Morgan fingerprint density at radius 1 is 1.12 bits per heavy atom. The number of carbonyl (C=O) groups is 1. The van der Waals surface area contributed by atoms with E-state index in [0.29, 0.717) is 12.3 Å². The Kier molecular flexibility index (Phi) is 5.75. The molecule has 0 amide bonds. The average molecular weight is 347 g/mol. The Labute approximate surface area is 142 Å². The van der Waals surface area contributed by atoms with Crippen LogP contribution in [0.1, 0.15) is 41.3 Å². The maximum Gasteiger partial charge on any atom is 0.335 e. The van der Waals surface area contributed by atoms with Crippen molar-refractivity contribution in [1.29, 1.82) is 0 Å². The van der Waals surface area contributed by atoms with E-state index in [9.17, 15) is 13.2 Å². The number of aromatic carboxylic acids is 1. The van der Waals surface area contributed by atoms with Crippen molar-refractivity contribution in [2.45, 2.75) is 31.1 Å². The lowest BCUT2D eigenvalue weighted by Gasteiger charge is -2.09. The minimum absolute atomic E-state index is 0.0439. The highest BCUT2D eigenvalue weighted by Gasteiger charge is 2.15. The summed E-state index contributed by atoms with van der Waals surface area (Å²) in [6.07, 6.45) is 0.566. The van der Waals surface area contributed by atoms with Crippen LogP contribution in [0.25, 0.3) is 0 Å². The van der Waals surface area contributed by atoms with Crippen LogP contribution in [-0.4, -0.2) is 26.0 Å². The van der Waals surface area contributed by atoms with Crippen molar-refractivity contribution >= 4 is 16.0 Å². The van der Waals surface area contributed by atoms with Gasteiger partial charge in [-0.1, -0.05) is 44.2 Å². The van der Waals surface area contributed by atoms with Crippen LogP contribution < -0.4 is 4.72 Å². The van der Waals surface area contributed by atoms with Gasteiger partial charge in [0, 0.05) is 6.54 Å². The molecule has 0 aliphatic rings. The molecule has 0 bridgehead atoms. The summed E-state index contributed by atoms with van der Waals surface area (Å²) >= 11 is 0. The van der Waals surface area contributed by atoms with Crippen LogP contribution in [0.5, 0.6) is 0 Å². The summed E-state index contributed by atoms with van der Waals surface area (Å²) in [5, 5.41) is 8.95. The normalized spacial score (nSPS) is 11.6. The van der Waals surface area contributed by atoms with Gasteiger partial charge in [0.15, 0.2) is 0 Å². The summed E-state index contributed by atoms with van der Waals surface area (Å²) in [6, 6.07) is 13.4. The number of benzene rings is 2. The first-order valence-corrected chi connectivity index (χ1v) is 9.20. The molecule has 0 aliphatic carbocycles. The third kappa shape index (κ3) is 4.66. The molecule has 2 N–H and O–H groups in total. The van der Waals surface area contributed by atoms with Crippen molar-refractivity contribution in [2.24, 2.45) is 0 Å². The van der Waals surface area contributed by atoms with Gasteiger partial charge in [-0.25, -0.2) is 17.9 Å². The predicted molar refractivity (Wildman–Crippen MR) is 92.8 cm³/mol. The van der Waals surface area contributed by atoms with Crippen LogP contribution in [0.3, 0.4) is 0 Å². The lowest BCUT2D eigenvalue weighted by molar-refractivity contribution is 0.0696. The second-order valence-electron chi connectivity index (χ2n) is 5.88. The molecule has 2 rings (SSSR count). The molecule has 0 saturated carbocycles. The van der Waals surface area contributed by atoms with Crippen LogP contribution >= 0.6 is 0 Å². The Balaban J connectivity index is 2.00. The summed E-state index contributed by atoms with van der Waals surface area (Å²) in [5.74, 6) is -0.698. The Morgan fingerprint density at radius 2 is 1.79 bits per heavy atom. The van der Waals surface area contributed by atoms with Crippen molar-refractivity contribution in [1.82, 2.24) is 4.72 Å². The number of hydrogen-bond acceptors (Lipinski definition) is 3. The van der Waals surface area contributed by atoms with Crippen molar-refractivity contribution in [2.75, 3.05) is 6.54 Å². The van der Waals surface area contributed by atoms with Gasteiger partial charge in [0.1, 0.15) is 0 Å². The molecule has 5 nitrogen and oxygen atoms in total. The molecular weight excluding hydrogens is 326 g/mol. The fourth-order valence-corrected chi connectivity index (χ4v) is 3.36. The van der Waals surface area contributed by atoms with Gasteiger partial charge in [-0.2, -0.15) is 0 Å². The smallest absolute Gasteiger partial charge is 0.335 e. The molecule has 0 saturated heterocycles. The van der Waals surface area contributed by atoms with E-state index in [1.807, 2.05) is 24.3 Å². The second-order valence-corrected chi connectivity index (χ2v) is 7.64. The highest BCUT2D eigenvalue weighted by atomic mass is 32.2. The first-order valence-electron chi connectivity index (χ1n) is 7.71. The molecule has 24 heavy (non-hydrogen) atoms. The minimum Gasteiger partial charge on any atom is -0.478 e. The molecule has 0 heterocycles. The van der Waals surface area contributed by atoms with E-state index < -0.39 is 16.0 Å². The number of rotatable bonds is 7. The molecule has 0 unspecified atom stereocenters. The SMILES string of the molecule is CC(C)c1ccc(CCNS(=O)(=O)c2cccc(C(=O)O)c2)cc1. The second kappa shape index (κ2) is 7.59. The van der Waals surface area contributed by atoms with Crippen LogP contribution in [0.2, 0.25) is 0 Å². The standard InChI is InChI=1S/C18H21NO4S/c1-13(2)15-8-6-14(7-9-15)10-11-19-24(22,23)17-5-3-4-16(12-17)18(20)21/h3-9,12-13,19H,10-11H2,1-2H3,(H,20,21). The quantitative estimate of drug-likeness (QED) is 0.806. The molecule has 128 valence electrons. The summed E-state index contributed by atoms with van der Waals surface area (Å²) in [6.45, 7) is 4.49. The molecule has 2 aromatic carbocycles. The van der Waals surface area contributed by atoms with Crippen molar-refractivity contribution in [3.05, 3.63) is 65.2 Å². The number of hydrogen-bond donors (Lipinski definition) is 2. The molecule has 0 fully saturated rings. The number of carboxylic acids is 1. The molecule has 0 radical (unpaired) electrons. The molecule has 0 atom stereocenters. The van der Waals surface area contributed by atoms with Gasteiger partial charge < -0.3 is 5.11 Å². The van der Waals surface area contributed by atoms with Crippen LogP contribution in [0.4, 0.5) is 0 Å². The Hall–Kier alpha value is -2.18. The predicted octanol–water partition coefficient (Wildman–Crippen LogP) is 3.03. The number of nitrogens with one attached hydrogen (secondary N) is 1. The summed E-state index contributed by atoms with van der Waals surface area (Å²) in [4.78, 5) is 10.9. The monoisotopic (exact) mass is 347 g/mol. The summed E-state index contributed by atoms with van der Waals surface area (Å²) < 4.78 is 27.0. The van der Waals surface area contributed by atoms with E-state index in [-0.39, 0.29) is 17.0 Å². The largest absolute Gasteiger partial charge is 0.478 e. The molecule has 0 spiro atoms. The summed E-state index contributed by atoms with van der Waals surface area (Å²) in [5.41, 5.74) is 2.23. The maximum absolute atomic E-state index is 12.2. The first kappa shape index (κ1) is 18.2. The van der Waals surface area contributed by atoms with E-state index in [2.05, 4.69) is 18.6 Å². The lowest BCUT2D eigenvalue weighted by Crippen LogP contribution is -2.26. The van der Waals surface area contributed by atoms with Gasteiger partial charge in [0.2, 0.25) is 10.0 Å². The van der Waals surface area contributed by atoms with Crippen molar-refractivity contribution in [3.8, 4) is 0 Å². The minimum atomic E-state index is -3.72. The lowest BCUT2D eigenvalue weighted by atomic mass is 10.0. The van der Waals surface area contributed by atoms with Gasteiger partial charge in [-0.15, -0.1) is 0 Å². The Morgan fingerprint density at radius 3 is 2.38 bits per heavy atom. The molecule has 2 aromatic rings. The van der Waals surface area contributed by atoms with E-state index in [4.69, 9.17) is 5.11 Å². The zero-order chi connectivity index (χ0) is 17.7. The van der Waals surface area contributed by atoms with Crippen LogP contribution in [-0.2, 0) is 16.4 Å². The molecule has 6 heteroatoms. The topological polar surface area (TPSA) is 83.5 Å². The van der Waals surface area contributed by atoms with Crippen molar-refractivity contribution in [3.63, 3.8) is 0 Å². The van der Waals surface area contributed by atoms with Gasteiger partial charge in [-0.05, 0) is 41.7 Å². The zero-order valence-corrected chi connectivity index (χ0v) is 14.5. The molecule has 0 aromatic heterocycles. The molecule has 0 aliphatic heterocycles. The van der Waals surface area contributed by atoms with E-state index in [1.54, 1.807) is 0 Å². The first-order chi connectivity index (χ1) is 11.3. The summed E-state index contributed by atoms with van der Waals surface area (Å²) in [7, 11) is -3.72. The fourth-order valence-electron chi connectivity index (χ4n) is 2.28. The van der Waals surface area contributed by atoms with Gasteiger partial charge >= 0.3 is 5.97 Å². The van der Waals surface area contributed by atoms with Gasteiger partial charge in [-0.3, -0.25) is 0 Å². The van der Waals surface area contributed by atoms with Gasteiger partial charge in [0.25, 0.3) is 0 Å². The van der Waals surface area contributed by atoms with Crippen LogP contribution in [0.15, 0.2) is 53.4 Å². The fraction of sp³-hybridized carbons (Fsp3) is 0.278. The van der Waals surface area contributed by atoms with E-state index in [0.717, 1.165) is 11.6 Å². The molecular formula is C18H21NO4S.